The molecule has 0 aromatic rings. The molecule has 2 unspecified atom stereocenters. The van der Waals surface area contributed by atoms with Crippen molar-refractivity contribution in [1.29, 1.82) is 0 Å². The van der Waals surface area contributed by atoms with E-state index in [9.17, 15) is 13.2 Å². The van der Waals surface area contributed by atoms with Crippen molar-refractivity contribution in [2.24, 2.45) is 0 Å². The predicted molar refractivity (Wildman–Crippen MR) is 65.6 cm³/mol. The van der Waals surface area contributed by atoms with Crippen LogP contribution in [0.5, 0.6) is 0 Å². The molecular formula is C13H24F3NO. The van der Waals surface area contributed by atoms with Gasteiger partial charge < -0.3 is 10.1 Å². The van der Waals surface area contributed by atoms with Gasteiger partial charge in [0.1, 0.15) is 0 Å². The maximum absolute atomic E-state index is 12.1. The number of halogens is 3. The van der Waals surface area contributed by atoms with Crippen molar-refractivity contribution in [1.82, 2.24) is 5.32 Å². The summed E-state index contributed by atoms with van der Waals surface area (Å²) in [6.45, 7) is 5.64. The standard InChI is InChI=1S/C13H24F3NO/c1-3-8-17-11-5-9-18-12(2,10-11)6-4-7-13(14,15)16/h11,17H,3-10H2,1-2H3. The molecule has 0 saturated carbocycles. The molecule has 1 saturated heterocycles. The summed E-state index contributed by atoms with van der Waals surface area (Å²) in [4.78, 5) is 0. The number of rotatable bonds is 6. The summed E-state index contributed by atoms with van der Waals surface area (Å²) in [6, 6.07) is 0.384. The molecule has 0 aliphatic carbocycles. The second-order valence-electron chi connectivity index (χ2n) is 5.41. The molecule has 0 bridgehead atoms. The Bertz CT molecular complexity index is 245. The summed E-state index contributed by atoms with van der Waals surface area (Å²) in [7, 11) is 0. The monoisotopic (exact) mass is 267 g/mol. The van der Waals surface area contributed by atoms with E-state index < -0.39 is 18.2 Å². The Balaban J connectivity index is 2.33. The molecule has 2 atom stereocenters. The lowest BCUT2D eigenvalue weighted by atomic mass is 9.87. The number of nitrogens with one attached hydrogen (secondary N) is 1. The topological polar surface area (TPSA) is 21.3 Å². The molecule has 1 N–H and O–H groups in total. The van der Waals surface area contributed by atoms with Crippen LogP contribution in [0.25, 0.3) is 0 Å². The fraction of sp³-hybridized carbons (Fsp3) is 1.00. The molecule has 1 rings (SSSR count). The Morgan fingerprint density at radius 2 is 2.11 bits per heavy atom. The molecule has 1 heterocycles. The molecule has 0 aromatic heterocycles. The fourth-order valence-corrected chi connectivity index (χ4v) is 2.49. The summed E-state index contributed by atoms with van der Waals surface area (Å²) in [5.74, 6) is 0. The quantitative estimate of drug-likeness (QED) is 0.793. The Morgan fingerprint density at radius 3 is 2.72 bits per heavy atom. The van der Waals surface area contributed by atoms with E-state index in [1.165, 1.54) is 0 Å². The third kappa shape index (κ3) is 6.05. The molecule has 0 spiro atoms. The van der Waals surface area contributed by atoms with Crippen molar-refractivity contribution in [3.63, 3.8) is 0 Å². The van der Waals surface area contributed by atoms with Crippen LogP contribution in [0.15, 0.2) is 0 Å². The van der Waals surface area contributed by atoms with E-state index in [-0.39, 0.29) is 6.42 Å². The van der Waals surface area contributed by atoms with Gasteiger partial charge in [-0.3, -0.25) is 0 Å². The average Bonchev–Trinajstić information content (AvgIpc) is 2.24. The van der Waals surface area contributed by atoms with E-state index in [1.807, 2.05) is 6.92 Å². The largest absolute Gasteiger partial charge is 0.389 e. The molecule has 0 aromatic carbocycles. The van der Waals surface area contributed by atoms with Gasteiger partial charge in [-0.15, -0.1) is 0 Å². The zero-order valence-corrected chi connectivity index (χ0v) is 11.3. The van der Waals surface area contributed by atoms with Crippen LogP contribution in [0.3, 0.4) is 0 Å². The number of hydrogen-bond acceptors (Lipinski definition) is 2. The van der Waals surface area contributed by atoms with E-state index in [1.54, 1.807) is 0 Å². The molecule has 5 heteroatoms. The van der Waals surface area contributed by atoms with Crippen LogP contribution in [0, 0.1) is 0 Å². The minimum absolute atomic E-state index is 0.153. The lowest BCUT2D eigenvalue weighted by Crippen LogP contribution is -2.45. The summed E-state index contributed by atoms with van der Waals surface area (Å²) >= 11 is 0. The van der Waals surface area contributed by atoms with Crippen molar-refractivity contribution >= 4 is 0 Å². The summed E-state index contributed by atoms with van der Waals surface area (Å²) in [5, 5.41) is 3.43. The summed E-state index contributed by atoms with van der Waals surface area (Å²) < 4.78 is 42.1. The van der Waals surface area contributed by atoms with Crippen molar-refractivity contribution in [2.75, 3.05) is 13.2 Å². The van der Waals surface area contributed by atoms with Gasteiger partial charge in [-0.1, -0.05) is 6.92 Å². The highest BCUT2D eigenvalue weighted by Gasteiger charge is 2.34. The third-order valence-corrected chi connectivity index (χ3v) is 3.44. The van der Waals surface area contributed by atoms with Crippen LogP contribution in [0.4, 0.5) is 13.2 Å². The number of hydrogen-bond donors (Lipinski definition) is 1. The van der Waals surface area contributed by atoms with Gasteiger partial charge in [-0.2, -0.15) is 13.2 Å². The molecule has 1 aliphatic heterocycles. The summed E-state index contributed by atoms with van der Waals surface area (Å²) in [6.07, 6.45) is -1.29. The smallest absolute Gasteiger partial charge is 0.375 e. The van der Waals surface area contributed by atoms with Gasteiger partial charge in [0.05, 0.1) is 5.60 Å². The maximum Gasteiger partial charge on any atom is 0.389 e. The first-order valence-electron chi connectivity index (χ1n) is 6.79. The van der Waals surface area contributed by atoms with Crippen LogP contribution in [0.1, 0.15) is 52.4 Å². The van der Waals surface area contributed by atoms with Crippen LogP contribution < -0.4 is 5.32 Å². The van der Waals surface area contributed by atoms with Gasteiger partial charge >= 0.3 is 6.18 Å². The Kier molecular flexibility index (Phi) is 5.92. The van der Waals surface area contributed by atoms with E-state index >= 15 is 0 Å². The van der Waals surface area contributed by atoms with Gasteiger partial charge in [0.15, 0.2) is 0 Å². The molecule has 1 aliphatic rings. The highest BCUT2D eigenvalue weighted by atomic mass is 19.4. The maximum atomic E-state index is 12.1. The van der Waals surface area contributed by atoms with Gasteiger partial charge in [-0.25, -0.2) is 0 Å². The first-order valence-corrected chi connectivity index (χ1v) is 6.79. The molecule has 2 nitrogen and oxygen atoms in total. The molecule has 108 valence electrons. The second kappa shape index (κ2) is 6.75. The molecule has 18 heavy (non-hydrogen) atoms. The molecule has 0 radical (unpaired) electrons. The van der Waals surface area contributed by atoms with Crippen LogP contribution in [-0.4, -0.2) is 31.0 Å². The van der Waals surface area contributed by atoms with E-state index in [2.05, 4.69) is 12.2 Å². The van der Waals surface area contributed by atoms with Gasteiger partial charge in [-0.05, 0) is 45.6 Å². The molecule has 1 fully saturated rings. The first-order chi connectivity index (χ1) is 8.35. The zero-order chi connectivity index (χ0) is 13.6. The van der Waals surface area contributed by atoms with Gasteiger partial charge in [0.25, 0.3) is 0 Å². The van der Waals surface area contributed by atoms with E-state index in [0.717, 1.165) is 25.8 Å². The highest BCUT2D eigenvalue weighted by molar-refractivity contribution is 4.86. The Hall–Kier alpha value is -0.290. The van der Waals surface area contributed by atoms with E-state index in [0.29, 0.717) is 19.1 Å². The lowest BCUT2D eigenvalue weighted by Gasteiger charge is -2.39. The predicted octanol–water partition coefficient (Wildman–Crippen LogP) is 3.66. The second-order valence-corrected chi connectivity index (χ2v) is 5.41. The van der Waals surface area contributed by atoms with Crippen molar-refractivity contribution in [3.8, 4) is 0 Å². The number of alkyl halides is 3. The van der Waals surface area contributed by atoms with Gasteiger partial charge in [0, 0.05) is 19.1 Å². The minimum Gasteiger partial charge on any atom is -0.375 e. The van der Waals surface area contributed by atoms with Crippen LogP contribution in [0.2, 0.25) is 0 Å². The normalized spacial score (nSPS) is 29.5. The van der Waals surface area contributed by atoms with Crippen LogP contribution >= 0.6 is 0 Å². The molecule has 0 amide bonds. The average molecular weight is 267 g/mol. The zero-order valence-electron chi connectivity index (χ0n) is 11.3. The van der Waals surface area contributed by atoms with Crippen molar-refractivity contribution in [2.45, 2.75) is 70.2 Å². The Morgan fingerprint density at radius 1 is 1.39 bits per heavy atom. The fourth-order valence-electron chi connectivity index (χ4n) is 2.49. The van der Waals surface area contributed by atoms with Crippen molar-refractivity contribution in [3.05, 3.63) is 0 Å². The molecular weight excluding hydrogens is 243 g/mol. The minimum atomic E-state index is -4.05. The van der Waals surface area contributed by atoms with Crippen LogP contribution in [-0.2, 0) is 4.74 Å². The first kappa shape index (κ1) is 15.8. The summed E-state index contributed by atoms with van der Waals surface area (Å²) in [5.41, 5.74) is -0.394. The Labute approximate surface area is 107 Å². The lowest BCUT2D eigenvalue weighted by molar-refractivity contribution is -0.141. The number of ether oxygens (including phenoxy) is 1. The van der Waals surface area contributed by atoms with Gasteiger partial charge in [0.2, 0.25) is 0 Å². The van der Waals surface area contributed by atoms with E-state index in [4.69, 9.17) is 4.74 Å². The SMILES string of the molecule is CCCNC1CCOC(C)(CCCC(F)(F)F)C1. The highest BCUT2D eigenvalue weighted by Crippen LogP contribution is 2.32. The van der Waals surface area contributed by atoms with Crippen molar-refractivity contribution < 1.29 is 17.9 Å². The third-order valence-electron chi connectivity index (χ3n) is 3.44.